The average molecular weight is 505 g/mol. The van der Waals surface area contributed by atoms with E-state index in [0.717, 1.165) is 24.8 Å². The summed E-state index contributed by atoms with van der Waals surface area (Å²) in [5.41, 5.74) is 6.17. The monoisotopic (exact) mass is 504 g/mol. The molecular weight excluding hydrogens is 460 g/mol. The van der Waals surface area contributed by atoms with Crippen molar-refractivity contribution in [3.63, 3.8) is 0 Å². The number of aryl methyl sites for hydroxylation is 1. The van der Waals surface area contributed by atoms with Crippen molar-refractivity contribution in [2.75, 3.05) is 6.54 Å². The molecule has 2 atom stereocenters. The normalized spacial score (nSPS) is 13.0. The molecule has 0 aliphatic rings. The number of carbonyl (C=O) groups excluding carboxylic acids is 4. The third-order valence-corrected chi connectivity index (χ3v) is 5.44. The van der Waals surface area contributed by atoms with E-state index >= 15 is 0 Å². The van der Waals surface area contributed by atoms with Crippen LogP contribution in [-0.4, -0.2) is 52.9 Å². The van der Waals surface area contributed by atoms with E-state index in [9.17, 15) is 19.2 Å². The summed E-state index contributed by atoms with van der Waals surface area (Å²) in [6.45, 7) is 13.3. The van der Waals surface area contributed by atoms with Crippen LogP contribution in [0.1, 0.15) is 90.8 Å². The van der Waals surface area contributed by atoms with Crippen molar-refractivity contribution in [3.8, 4) is 0 Å². The minimum Gasteiger partial charge on any atom is -0.444 e. The molecule has 9 heteroatoms. The third-order valence-electron chi connectivity index (χ3n) is 5.44. The van der Waals surface area contributed by atoms with Crippen LogP contribution < -0.4 is 16.4 Å². The molecule has 202 valence electrons. The Bertz CT molecular complexity index is 894. The highest BCUT2D eigenvalue weighted by Crippen LogP contribution is 2.26. The summed E-state index contributed by atoms with van der Waals surface area (Å²) in [5, 5.41) is 5.56. The van der Waals surface area contributed by atoms with Gasteiger partial charge in [0, 0.05) is 19.0 Å². The molecule has 1 aromatic carbocycles. The van der Waals surface area contributed by atoms with Gasteiger partial charge in [0.15, 0.2) is 0 Å². The van der Waals surface area contributed by atoms with Gasteiger partial charge < -0.3 is 26.0 Å². The van der Waals surface area contributed by atoms with Crippen molar-refractivity contribution in [1.29, 1.82) is 0 Å². The first-order valence-electron chi connectivity index (χ1n) is 12.7. The van der Waals surface area contributed by atoms with Gasteiger partial charge in [0.05, 0.1) is 0 Å². The zero-order valence-corrected chi connectivity index (χ0v) is 22.8. The molecule has 0 bridgehead atoms. The summed E-state index contributed by atoms with van der Waals surface area (Å²) >= 11 is 0. The second-order valence-electron chi connectivity index (χ2n) is 10.4. The van der Waals surface area contributed by atoms with E-state index in [4.69, 9.17) is 10.5 Å². The van der Waals surface area contributed by atoms with Crippen molar-refractivity contribution < 1.29 is 23.9 Å². The van der Waals surface area contributed by atoms with E-state index in [-0.39, 0.29) is 24.8 Å². The maximum absolute atomic E-state index is 13.9. The molecule has 0 heterocycles. The molecule has 0 aromatic heterocycles. The molecule has 2 unspecified atom stereocenters. The molecular formula is C27H44N4O5. The summed E-state index contributed by atoms with van der Waals surface area (Å²) in [5.74, 6) is -1.39. The molecule has 0 saturated carbocycles. The van der Waals surface area contributed by atoms with Crippen molar-refractivity contribution in [2.45, 2.75) is 104 Å². The number of primary amides is 1. The smallest absolute Gasteiger partial charge is 0.408 e. The fourth-order valence-corrected chi connectivity index (χ4v) is 3.82. The molecule has 0 saturated heterocycles. The van der Waals surface area contributed by atoms with Crippen LogP contribution in [0, 0.1) is 6.92 Å². The molecule has 4 amide bonds. The van der Waals surface area contributed by atoms with Gasteiger partial charge in [-0.1, -0.05) is 49.6 Å². The third kappa shape index (κ3) is 10.7. The zero-order valence-electron chi connectivity index (χ0n) is 22.8. The minimum atomic E-state index is -1.10. The van der Waals surface area contributed by atoms with Gasteiger partial charge in [-0.15, -0.1) is 0 Å². The molecule has 4 N–H and O–H groups in total. The van der Waals surface area contributed by atoms with Crippen molar-refractivity contribution in [2.24, 2.45) is 5.73 Å². The number of nitrogens with zero attached hydrogens (tertiary/aromatic N) is 1. The summed E-state index contributed by atoms with van der Waals surface area (Å²) in [4.78, 5) is 52.9. The number of nitrogens with two attached hydrogens (primary N) is 1. The highest BCUT2D eigenvalue weighted by Gasteiger charge is 2.37. The number of carbonyl (C=O) groups is 4. The van der Waals surface area contributed by atoms with E-state index in [1.54, 1.807) is 20.8 Å². The summed E-state index contributed by atoms with van der Waals surface area (Å²) in [7, 11) is 0. The van der Waals surface area contributed by atoms with Crippen LogP contribution in [0.2, 0.25) is 0 Å². The number of nitrogens with one attached hydrogen (secondary N) is 2. The van der Waals surface area contributed by atoms with Gasteiger partial charge in [-0.05, 0) is 59.9 Å². The molecule has 9 nitrogen and oxygen atoms in total. The highest BCUT2D eigenvalue weighted by molar-refractivity contribution is 5.92. The van der Waals surface area contributed by atoms with Gasteiger partial charge in [0.2, 0.25) is 17.7 Å². The van der Waals surface area contributed by atoms with Crippen molar-refractivity contribution in [1.82, 2.24) is 15.5 Å². The minimum absolute atomic E-state index is 0.0186. The van der Waals surface area contributed by atoms with Crippen LogP contribution in [0.15, 0.2) is 24.3 Å². The number of amides is 4. The molecule has 0 aliphatic carbocycles. The molecule has 0 aliphatic heterocycles. The summed E-state index contributed by atoms with van der Waals surface area (Å²) in [6.07, 6.45) is 1.92. The van der Waals surface area contributed by atoms with Crippen LogP contribution in [0.5, 0.6) is 0 Å². The van der Waals surface area contributed by atoms with E-state index in [1.165, 1.54) is 4.90 Å². The SMILES string of the molecule is CCCCCNC(=O)C(c1cccc(C)c1)N(C(=O)C(CCC(N)=O)NC(=O)OC(C)(C)C)C(C)C. The maximum atomic E-state index is 13.9. The molecule has 36 heavy (non-hydrogen) atoms. The maximum Gasteiger partial charge on any atom is 0.408 e. The number of unbranched alkanes of at least 4 members (excludes halogenated alkanes) is 2. The quantitative estimate of drug-likeness (QED) is 0.352. The fourth-order valence-electron chi connectivity index (χ4n) is 3.82. The van der Waals surface area contributed by atoms with Crippen LogP contribution in [0.3, 0.4) is 0 Å². The standard InChI is InChI=1S/C27H44N4O5/c1-8-9-10-16-29-24(33)23(20-13-11-12-19(4)17-20)31(18(2)3)25(34)21(14-15-22(28)32)30-26(35)36-27(5,6)7/h11-13,17-18,21,23H,8-10,14-16H2,1-7H3,(H2,28,32)(H,29,33)(H,30,35). The predicted molar refractivity (Wildman–Crippen MR) is 140 cm³/mol. The van der Waals surface area contributed by atoms with E-state index in [1.807, 2.05) is 45.0 Å². The largest absolute Gasteiger partial charge is 0.444 e. The molecule has 0 fully saturated rings. The molecule has 0 radical (unpaired) electrons. The van der Waals surface area contributed by atoms with Crippen molar-refractivity contribution >= 4 is 23.8 Å². The number of hydrogen-bond acceptors (Lipinski definition) is 5. The summed E-state index contributed by atoms with van der Waals surface area (Å²) < 4.78 is 5.33. The number of benzene rings is 1. The lowest BCUT2D eigenvalue weighted by Gasteiger charge is -2.37. The Kier molecular flexibility index (Phi) is 12.4. The molecule has 1 rings (SSSR count). The van der Waals surface area contributed by atoms with Crippen LogP contribution in [-0.2, 0) is 19.1 Å². The second kappa shape index (κ2) is 14.5. The van der Waals surface area contributed by atoms with E-state index < -0.39 is 35.6 Å². The number of rotatable bonds is 13. The Hall–Kier alpha value is -3.10. The van der Waals surface area contributed by atoms with Crippen LogP contribution in [0.4, 0.5) is 4.79 Å². The van der Waals surface area contributed by atoms with E-state index in [2.05, 4.69) is 17.6 Å². The second-order valence-corrected chi connectivity index (χ2v) is 10.4. The lowest BCUT2D eigenvalue weighted by Crippen LogP contribution is -2.55. The van der Waals surface area contributed by atoms with Gasteiger partial charge in [-0.25, -0.2) is 4.79 Å². The van der Waals surface area contributed by atoms with Crippen LogP contribution >= 0.6 is 0 Å². The number of hydrogen-bond donors (Lipinski definition) is 3. The van der Waals surface area contributed by atoms with Gasteiger partial charge in [0.25, 0.3) is 0 Å². The lowest BCUT2D eigenvalue weighted by molar-refractivity contribution is -0.144. The number of ether oxygens (including phenoxy) is 1. The first-order valence-corrected chi connectivity index (χ1v) is 12.7. The Morgan fingerprint density at radius 1 is 1.11 bits per heavy atom. The van der Waals surface area contributed by atoms with Gasteiger partial charge >= 0.3 is 6.09 Å². The molecule has 0 spiro atoms. The Balaban J connectivity index is 3.39. The Morgan fingerprint density at radius 2 is 1.78 bits per heavy atom. The lowest BCUT2D eigenvalue weighted by atomic mass is 9.98. The predicted octanol–water partition coefficient (Wildman–Crippen LogP) is 3.74. The highest BCUT2D eigenvalue weighted by atomic mass is 16.6. The van der Waals surface area contributed by atoms with Gasteiger partial charge in [-0.3, -0.25) is 14.4 Å². The average Bonchev–Trinajstić information content (AvgIpc) is 2.75. The van der Waals surface area contributed by atoms with Crippen LogP contribution in [0.25, 0.3) is 0 Å². The van der Waals surface area contributed by atoms with E-state index in [0.29, 0.717) is 12.1 Å². The topological polar surface area (TPSA) is 131 Å². The fraction of sp³-hybridized carbons (Fsp3) is 0.630. The summed E-state index contributed by atoms with van der Waals surface area (Å²) in [6, 6.07) is 5.03. The molecule has 1 aromatic rings. The van der Waals surface area contributed by atoms with Gasteiger partial charge in [-0.2, -0.15) is 0 Å². The van der Waals surface area contributed by atoms with Gasteiger partial charge in [0.1, 0.15) is 17.7 Å². The number of alkyl carbamates (subject to hydrolysis) is 1. The zero-order chi connectivity index (χ0) is 27.5. The first kappa shape index (κ1) is 30.9. The Labute approximate surface area is 215 Å². The first-order chi connectivity index (χ1) is 16.8. The van der Waals surface area contributed by atoms with Crippen molar-refractivity contribution in [3.05, 3.63) is 35.4 Å². The Morgan fingerprint density at radius 3 is 2.31 bits per heavy atom.